The van der Waals surface area contributed by atoms with Gasteiger partial charge < -0.3 is 5.32 Å². The highest BCUT2D eigenvalue weighted by molar-refractivity contribution is 5.96. The third kappa shape index (κ3) is 2.82. The zero-order valence-electron chi connectivity index (χ0n) is 14.1. The van der Waals surface area contributed by atoms with Gasteiger partial charge >= 0.3 is 0 Å². The van der Waals surface area contributed by atoms with E-state index in [1.165, 1.54) is 11.1 Å². The van der Waals surface area contributed by atoms with Gasteiger partial charge in [0.1, 0.15) is 0 Å². The largest absolute Gasteiger partial charge is 0.345 e. The number of nitrogens with zero attached hydrogens (tertiary/aromatic N) is 2. The zero-order chi connectivity index (χ0) is 16.6. The van der Waals surface area contributed by atoms with Gasteiger partial charge in [-0.25, -0.2) is 0 Å². The molecule has 1 amide bonds. The molecule has 0 bridgehead atoms. The first kappa shape index (κ1) is 15.3. The van der Waals surface area contributed by atoms with Crippen molar-refractivity contribution in [1.29, 1.82) is 0 Å². The molecule has 2 aliphatic heterocycles. The first-order chi connectivity index (χ1) is 11.7. The fourth-order valence-electron chi connectivity index (χ4n) is 4.00. The number of carbonyl (C=O) groups excluding carboxylic acids is 1. The highest BCUT2D eigenvalue weighted by Crippen LogP contribution is 2.31. The standard InChI is InChI=1S/C20H23N3O/c1-15-5-4-11-21-18(15)13-23-12-10-20(14-23)9-8-16-6-2-3-7-17(16)19(24)22-20/h2-7,11H,8-10,12-14H2,1H3,(H,22,24). The molecule has 1 spiro atoms. The molecule has 4 nitrogen and oxygen atoms in total. The summed E-state index contributed by atoms with van der Waals surface area (Å²) in [5.74, 6) is 0.0824. The Morgan fingerprint density at radius 3 is 2.96 bits per heavy atom. The number of aryl methyl sites for hydroxylation is 2. The second-order valence-electron chi connectivity index (χ2n) is 7.12. The molecule has 2 aromatic rings. The van der Waals surface area contributed by atoms with Crippen LogP contribution in [0.4, 0.5) is 0 Å². The number of benzene rings is 1. The lowest BCUT2D eigenvalue weighted by atomic mass is 9.91. The minimum absolute atomic E-state index is 0.0824. The lowest BCUT2D eigenvalue weighted by molar-refractivity contribution is 0.0902. The Morgan fingerprint density at radius 2 is 2.08 bits per heavy atom. The van der Waals surface area contributed by atoms with Crippen molar-refractivity contribution in [3.05, 3.63) is 65.0 Å². The summed E-state index contributed by atoms with van der Waals surface area (Å²) in [5.41, 5.74) is 4.28. The predicted molar refractivity (Wildman–Crippen MR) is 93.8 cm³/mol. The van der Waals surface area contributed by atoms with Crippen molar-refractivity contribution in [3.63, 3.8) is 0 Å². The van der Waals surface area contributed by atoms with Crippen LogP contribution in [0.2, 0.25) is 0 Å². The van der Waals surface area contributed by atoms with Crippen molar-refractivity contribution >= 4 is 5.91 Å². The van der Waals surface area contributed by atoms with Gasteiger partial charge in [0.2, 0.25) is 0 Å². The van der Waals surface area contributed by atoms with Gasteiger partial charge in [-0.15, -0.1) is 0 Å². The highest BCUT2D eigenvalue weighted by atomic mass is 16.1. The topological polar surface area (TPSA) is 45.2 Å². The van der Waals surface area contributed by atoms with Crippen molar-refractivity contribution < 1.29 is 4.79 Å². The molecular weight excluding hydrogens is 298 g/mol. The third-order valence-corrected chi connectivity index (χ3v) is 5.44. The van der Waals surface area contributed by atoms with E-state index in [1.54, 1.807) is 0 Å². The number of amides is 1. The predicted octanol–water partition coefficient (Wildman–Crippen LogP) is 2.71. The van der Waals surface area contributed by atoms with Crippen LogP contribution in [-0.4, -0.2) is 34.4 Å². The summed E-state index contributed by atoms with van der Waals surface area (Å²) in [6.07, 6.45) is 4.84. The Hall–Kier alpha value is -2.20. The van der Waals surface area contributed by atoms with Crippen LogP contribution in [0, 0.1) is 6.92 Å². The Labute approximate surface area is 142 Å². The first-order valence-corrected chi connectivity index (χ1v) is 8.69. The molecule has 1 aromatic carbocycles. The first-order valence-electron chi connectivity index (χ1n) is 8.69. The van der Waals surface area contributed by atoms with Crippen LogP contribution < -0.4 is 5.32 Å². The SMILES string of the molecule is Cc1cccnc1CN1CCC2(CCc3ccccc3C(=O)N2)C1. The van der Waals surface area contributed by atoms with Crippen molar-refractivity contribution in [1.82, 2.24) is 15.2 Å². The average molecular weight is 321 g/mol. The molecule has 1 unspecified atom stereocenters. The fourth-order valence-corrected chi connectivity index (χ4v) is 4.00. The van der Waals surface area contributed by atoms with E-state index in [9.17, 15) is 4.79 Å². The molecule has 1 fully saturated rings. The second-order valence-corrected chi connectivity index (χ2v) is 7.12. The smallest absolute Gasteiger partial charge is 0.252 e. The molecule has 1 saturated heterocycles. The van der Waals surface area contributed by atoms with Crippen molar-refractivity contribution in [2.75, 3.05) is 13.1 Å². The third-order valence-electron chi connectivity index (χ3n) is 5.44. The van der Waals surface area contributed by atoms with Gasteiger partial charge in [-0.2, -0.15) is 0 Å². The summed E-state index contributed by atoms with van der Waals surface area (Å²) in [7, 11) is 0. The van der Waals surface area contributed by atoms with E-state index in [0.29, 0.717) is 0 Å². The van der Waals surface area contributed by atoms with Crippen molar-refractivity contribution in [2.24, 2.45) is 0 Å². The van der Waals surface area contributed by atoms with E-state index in [-0.39, 0.29) is 11.4 Å². The normalized spacial score (nSPS) is 23.8. The molecule has 1 atom stereocenters. The number of pyridine rings is 1. The molecule has 3 heterocycles. The molecule has 0 saturated carbocycles. The number of aromatic nitrogens is 1. The summed E-state index contributed by atoms with van der Waals surface area (Å²) < 4.78 is 0. The fraction of sp³-hybridized carbons (Fsp3) is 0.400. The van der Waals surface area contributed by atoms with E-state index in [4.69, 9.17) is 0 Å². The van der Waals surface area contributed by atoms with E-state index in [0.717, 1.165) is 50.2 Å². The quantitative estimate of drug-likeness (QED) is 0.925. The average Bonchev–Trinajstić information content (AvgIpc) is 2.91. The summed E-state index contributed by atoms with van der Waals surface area (Å²) in [5, 5.41) is 3.34. The number of fused-ring (bicyclic) bond motifs is 1. The molecule has 124 valence electrons. The number of likely N-dealkylation sites (tertiary alicyclic amines) is 1. The molecule has 0 aliphatic carbocycles. The van der Waals surface area contributed by atoms with Crippen molar-refractivity contribution in [2.45, 2.75) is 38.3 Å². The zero-order valence-corrected chi connectivity index (χ0v) is 14.1. The minimum atomic E-state index is -0.0984. The number of hydrogen-bond donors (Lipinski definition) is 1. The number of rotatable bonds is 2. The van der Waals surface area contributed by atoms with Crippen LogP contribution in [-0.2, 0) is 13.0 Å². The summed E-state index contributed by atoms with van der Waals surface area (Å²) in [6.45, 7) is 4.88. The summed E-state index contributed by atoms with van der Waals surface area (Å²) in [6, 6.07) is 12.1. The maximum Gasteiger partial charge on any atom is 0.252 e. The minimum Gasteiger partial charge on any atom is -0.345 e. The lowest BCUT2D eigenvalue weighted by Crippen LogP contribution is -2.49. The molecule has 0 radical (unpaired) electrons. The summed E-state index contributed by atoms with van der Waals surface area (Å²) in [4.78, 5) is 19.6. The van der Waals surface area contributed by atoms with Crippen LogP contribution in [0.25, 0.3) is 0 Å². The van der Waals surface area contributed by atoms with Crippen LogP contribution in [0.15, 0.2) is 42.6 Å². The van der Waals surface area contributed by atoms with Crippen LogP contribution in [0.5, 0.6) is 0 Å². The Balaban J connectivity index is 1.50. The number of hydrogen-bond acceptors (Lipinski definition) is 3. The molecule has 24 heavy (non-hydrogen) atoms. The van der Waals surface area contributed by atoms with E-state index >= 15 is 0 Å². The van der Waals surface area contributed by atoms with E-state index in [2.05, 4.69) is 34.3 Å². The number of nitrogens with one attached hydrogen (secondary N) is 1. The Kier molecular flexibility index (Phi) is 3.85. The van der Waals surface area contributed by atoms with Gasteiger partial charge in [-0.05, 0) is 49.4 Å². The highest BCUT2D eigenvalue weighted by Gasteiger charge is 2.41. The van der Waals surface area contributed by atoms with Gasteiger partial charge in [0.25, 0.3) is 5.91 Å². The van der Waals surface area contributed by atoms with Gasteiger partial charge in [-0.1, -0.05) is 24.3 Å². The molecular formula is C20H23N3O. The monoisotopic (exact) mass is 321 g/mol. The lowest BCUT2D eigenvalue weighted by Gasteiger charge is -2.29. The molecule has 4 rings (SSSR count). The number of carbonyl (C=O) groups is 1. The summed E-state index contributed by atoms with van der Waals surface area (Å²) >= 11 is 0. The van der Waals surface area contributed by atoms with Gasteiger partial charge in [0.15, 0.2) is 0 Å². The molecule has 1 N–H and O–H groups in total. The van der Waals surface area contributed by atoms with E-state index in [1.807, 2.05) is 30.5 Å². The van der Waals surface area contributed by atoms with Crippen LogP contribution in [0.1, 0.15) is 40.0 Å². The van der Waals surface area contributed by atoms with Gasteiger partial charge in [-0.3, -0.25) is 14.7 Å². The molecule has 1 aromatic heterocycles. The molecule has 2 aliphatic rings. The second kappa shape index (κ2) is 6.02. The Bertz CT molecular complexity index is 773. The maximum atomic E-state index is 12.6. The van der Waals surface area contributed by atoms with E-state index < -0.39 is 0 Å². The van der Waals surface area contributed by atoms with Crippen LogP contribution >= 0.6 is 0 Å². The van der Waals surface area contributed by atoms with Crippen LogP contribution in [0.3, 0.4) is 0 Å². The maximum absolute atomic E-state index is 12.6. The van der Waals surface area contributed by atoms with Crippen molar-refractivity contribution in [3.8, 4) is 0 Å². The molecule has 4 heteroatoms. The Morgan fingerprint density at radius 1 is 1.21 bits per heavy atom. The van der Waals surface area contributed by atoms with Gasteiger partial charge in [0.05, 0.1) is 11.2 Å². The van der Waals surface area contributed by atoms with Gasteiger partial charge in [0, 0.05) is 31.4 Å².